The number of benzene rings is 4. The molecule has 0 atom stereocenters. The minimum atomic E-state index is -4.52. The first-order valence-corrected chi connectivity index (χ1v) is 27.2. The predicted octanol–water partition coefficient (Wildman–Crippen LogP) is 6.28. The molecule has 0 spiro atoms. The minimum absolute atomic E-state index is 0.00921. The Morgan fingerprint density at radius 2 is 1.39 bits per heavy atom. The Balaban J connectivity index is 1.16. The summed E-state index contributed by atoms with van der Waals surface area (Å²) in [5.74, 6) is -2.61. The van der Waals surface area contributed by atoms with E-state index in [1.165, 1.54) is 24.3 Å². The fourth-order valence-electron chi connectivity index (χ4n) is 9.68. The number of allylic oxidation sites excluding steroid dienone is 5. The largest absolute Gasteiger partial charge is 0.344 e. The van der Waals surface area contributed by atoms with Crippen molar-refractivity contribution in [1.82, 2.24) is 9.79 Å². The van der Waals surface area contributed by atoms with E-state index in [1.807, 2.05) is 50.6 Å². The first-order chi connectivity index (χ1) is 32.1. The first kappa shape index (κ1) is 49.8. The van der Waals surface area contributed by atoms with Crippen LogP contribution >= 0.6 is 24.8 Å². The van der Waals surface area contributed by atoms with Crippen LogP contribution in [-0.4, -0.2) is 97.6 Å². The predicted molar refractivity (Wildman–Crippen MR) is 264 cm³/mol. The molecule has 4 aromatic rings. The molecule has 0 saturated carbocycles. The minimum Gasteiger partial charge on any atom is -0.344 e. The van der Waals surface area contributed by atoms with Crippen molar-refractivity contribution in [3.8, 4) is 0 Å². The van der Waals surface area contributed by atoms with Crippen LogP contribution in [0.1, 0.15) is 77.3 Å². The van der Waals surface area contributed by atoms with Crippen LogP contribution in [0.2, 0.25) is 0 Å². The summed E-state index contributed by atoms with van der Waals surface area (Å²) in [6, 6.07) is 15.6. The maximum Gasteiger partial charge on any atom is 0.333 e. The van der Waals surface area contributed by atoms with Gasteiger partial charge in [-0.2, -0.15) is 21.4 Å². The number of hydrogen-bond donors (Lipinski definition) is 4. The summed E-state index contributed by atoms with van der Waals surface area (Å²) in [4.78, 5) is 57.3. The molecule has 0 aromatic heterocycles. The second-order valence-electron chi connectivity index (χ2n) is 18.3. The highest BCUT2D eigenvalue weighted by Gasteiger charge is 2.48. The first-order valence-electron chi connectivity index (χ1n) is 21.6. The third-order valence-corrected chi connectivity index (χ3v) is 16.1. The summed E-state index contributed by atoms with van der Waals surface area (Å²) in [5, 5.41) is 3.00. The lowest BCUT2D eigenvalue weighted by molar-refractivity contribution is -0.425. The highest BCUT2D eigenvalue weighted by molar-refractivity contribution is 7.89. The zero-order chi connectivity index (χ0) is 50.3. The molecule has 0 unspecified atom stereocenters. The summed E-state index contributed by atoms with van der Waals surface area (Å²) >= 11 is 11.1. The second-order valence-corrected chi connectivity index (χ2v) is 23.8. The van der Waals surface area contributed by atoms with Crippen molar-refractivity contribution in [3.05, 3.63) is 106 Å². The summed E-state index contributed by atoms with van der Waals surface area (Å²) in [6.07, 6.45) is 6.17. The molecule has 4 aromatic carbocycles. The maximum absolute atomic E-state index is 13.3. The van der Waals surface area contributed by atoms with E-state index in [1.54, 1.807) is 34.9 Å². The van der Waals surface area contributed by atoms with Gasteiger partial charge in [0, 0.05) is 76.4 Å². The summed E-state index contributed by atoms with van der Waals surface area (Å²) < 4.78 is 95.9. The molecule has 22 heteroatoms. The number of thiol groups is 1. The van der Waals surface area contributed by atoms with E-state index in [4.69, 9.17) is 29.7 Å². The number of nitrogens with zero attached hydrogens (tertiary/aromatic N) is 3. The number of thiocarbonyl (C=S) groups is 1. The van der Waals surface area contributed by atoms with Crippen molar-refractivity contribution >= 4 is 122 Å². The van der Waals surface area contributed by atoms with Crippen LogP contribution in [0, 0.1) is 0 Å². The van der Waals surface area contributed by atoms with Crippen LogP contribution in [0.3, 0.4) is 0 Å². The monoisotopic (exact) mass is 1040 g/mol. The highest BCUT2D eigenvalue weighted by atomic mass is 32.2. The Hall–Kier alpha value is -5.62. The van der Waals surface area contributed by atoms with Crippen molar-refractivity contribution in [2.75, 3.05) is 24.2 Å². The number of hydrogen-bond acceptors (Lipinski definition) is 14. The molecule has 3 aliphatic heterocycles. The van der Waals surface area contributed by atoms with Gasteiger partial charge in [-0.05, 0) is 96.3 Å². The molecule has 69 heavy (non-hydrogen) atoms. The molecule has 8 rings (SSSR count). The van der Waals surface area contributed by atoms with E-state index in [0.29, 0.717) is 84.9 Å². The smallest absolute Gasteiger partial charge is 0.333 e. The van der Waals surface area contributed by atoms with Gasteiger partial charge in [0.05, 0.1) is 26.3 Å². The third kappa shape index (κ3) is 9.30. The lowest BCUT2D eigenvalue weighted by Crippen LogP contribution is -2.37. The Labute approximate surface area is 409 Å². The fraction of sp³-hybridized carbons (Fsp3) is 0.319. The molecule has 0 radical (unpaired) electrons. The van der Waals surface area contributed by atoms with E-state index in [2.05, 4.69) is 4.90 Å². The van der Waals surface area contributed by atoms with Gasteiger partial charge in [-0.25, -0.2) is 17.9 Å². The van der Waals surface area contributed by atoms with Crippen LogP contribution in [0.4, 0.5) is 11.4 Å². The molecule has 3 N–H and O–H groups in total. The number of amides is 3. The highest BCUT2D eigenvalue weighted by Crippen LogP contribution is 2.53. The number of sulfonamides is 1. The average molecular weight is 1040 g/mol. The van der Waals surface area contributed by atoms with E-state index < -0.39 is 71.3 Å². The Morgan fingerprint density at radius 3 is 1.96 bits per heavy atom. The van der Waals surface area contributed by atoms with Gasteiger partial charge in [0.1, 0.15) is 0 Å². The Bertz CT molecular complexity index is 3480. The number of rotatable bonds is 14. The van der Waals surface area contributed by atoms with E-state index in [9.17, 15) is 53.5 Å². The van der Waals surface area contributed by atoms with Gasteiger partial charge in [-0.3, -0.25) is 23.5 Å². The lowest BCUT2D eigenvalue weighted by Gasteiger charge is -2.31. The summed E-state index contributed by atoms with van der Waals surface area (Å²) in [5.41, 5.74) is 3.96. The van der Waals surface area contributed by atoms with Crippen LogP contribution < -0.4 is 9.62 Å². The Kier molecular flexibility index (Phi) is 12.7. The van der Waals surface area contributed by atoms with Crippen molar-refractivity contribution in [2.45, 2.75) is 86.8 Å². The number of nitrogens with one attached hydrogen (secondary N) is 1. The van der Waals surface area contributed by atoms with Crippen molar-refractivity contribution < 1.29 is 63.0 Å². The average Bonchev–Trinajstić information content (AvgIpc) is 3.77. The quantitative estimate of drug-likeness (QED) is 0.0207. The molecule has 4 aliphatic rings. The standard InChI is InChI=1S/C47H46N4O13S5/c1-46(2)36(49(20-8-6-7-9-41(55)64-51-39(53)18-19-40(51)54)34-16-10-26-21-28(68(58,59)60)12-14-30(26)42(34)46)23-32-44(65)33(45(32)66)24-37-47(3,4)43-31-15-13-29(69(61,62)63)22-27(31)11-17-35(43)50(37)25-38(52)48-67(5,56)57/h10-17,21-24H,6-9,18-20,25H2,1-5H3,(H3-,48,52,58,59,60,61,62,63,65,66)/p+1. The zero-order valence-electron chi connectivity index (χ0n) is 37.9. The SMILES string of the molecule is CC1(C)C(/C=C2\C(=S)C(/C=C3/N(CCCCCC(=O)ON4C(=O)CCC4=O)c4ccc5cc(S(=O)(=O)O)ccc5c4C3(C)C)=C2S)=[N+](CC(=O)NS(C)(=O)=O)c2ccc3cc(S(=O)(=O)O)ccc3c21. The van der Waals surface area contributed by atoms with Gasteiger partial charge < -0.3 is 9.74 Å². The number of anilines is 1. The van der Waals surface area contributed by atoms with E-state index in [0.717, 1.165) is 28.6 Å². The maximum atomic E-state index is 13.3. The zero-order valence-corrected chi connectivity index (χ0v) is 42.1. The third-order valence-electron chi connectivity index (χ3n) is 12.9. The summed E-state index contributed by atoms with van der Waals surface area (Å²) in [6.45, 7) is 7.93. The molecule has 3 amide bonds. The molecule has 1 aliphatic carbocycles. The van der Waals surface area contributed by atoms with Crippen LogP contribution in [0.25, 0.3) is 21.5 Å². The molecule has 3 heterocycles. The number of unbranched alkanes of at least 4 members (excludes halogenated alkanes) is 2. The molecule has 17 nitrogen and oxygen atoms in total. The van der Waals surface area contributed by atoms with Gasteiger partial charge in [0.25, 0.3) is 38.0 Å². The number of fused-ring (bicyclic) bond motifs is 6. The van der Waals surface area contributed by atoms with Crippen molar-refractivity contribution in [3.63, 3.8) is 0 Å². The van der Waals surface area contributed by atoms with Crippen LogP contribution in [0.5, 0.6) is 0 Å². The second kappa shape index (κ2) is 17.7. The van der Waals surface area contributed by atoms with E-state index >= 15 is 0 Å². The summed E-state index contributed by atoms with van der Waals surface area (Å²) in [7, 11) is -12.9. The molecular formula is C47H47N4O13S5+. The van der Waals surface area contributed by atoms with Crippen LogP contribution in [0.15, 0.2) is 104 Å². The van der Waals surface area contributed by atoms with E-state index in [-0.39, 0.29) is 29.1 Å². The molecule has 1 saturated heterocycles. The normalized spacial score (nSPS) is 19.0. The van der Waals surface area contributed by atoms with Crippen molar-refractivity contribution in [1.29, 1.82) is 0 Å². The number of carbonyl (C=O) groups excluding carboxylic acids is 4. The topological polar surface area (TPSA) is 242 Å². The molecule has 362 valence electrons. The van der Waals surface area contributed by atoms with Gasteiger partial charge in [-0.1, -0.05) is 50.7 Å². The van der Waals surface area contributed by atoms with Crippen molar-refractivity contribution in [2.24, 2.45) is 0 Å². The van der Waals surface area contributed by atoms with Crippen LogP contribution in [-0.2, 0) is 65.1 Å². The Morgan fingerprint density at radius 1 is 0.812 bits per heavy atom. The van der Waals surface area contributed by atoms with Gasteiger partial charge in [0.15, 0.2) is 5.71 Å². The van der Waals surface area contributed by atoms with Gasteiger partial charge in [-0.15, -0.1) is 17.7 Å². The number of hydroxylamine groups is 2. The molecule has 1 fully saturated rings. The lowest BCUT2D eigenvalue weighted by atomic mass is 9.77. The number of carbonyl (C=O) groups is 4. The van der Waals surface area contributed by atoms with Gasteiger partial charge >= 0.3 is 5.97 Å². The molecule has 0 bridgehead atoms. The number of imide groups is 1. The van der Waals surface area contributed by atoms with Gasteiger partial charge in [0.2, 0.25) is 22.3 Å². The molecular weight excluding hydrogens is 989 g/mol. The fourth-order valence-corrected chi connectivity index (χ4v) is 12.0.